The Hall–Kier alpha value is -1.85. The van der Waals surface area contributed by atoms with Crippen LogP contribution in [0, 0.1) is 6.92 Å². The second-order valence-electron chi connectivity index (χ2n) is 2.24. The van der Waals surface area contributed by atoms with Crippen LogP contribution in [0.15, 0.2) is 11.0 Å². The van der Waals surface area contributed by atoms with Gasteiger partial charge in [0, 0.05) is 11.8 Å². The zero-order chi connectivity index (χ0) is 9.14. The number of H-pyrrole nitrogens is 1. The minimum Gasteiger partial charge on any atom is -0.351 e. The van der Waals surface area contributed by atoms with E-state index in [0.29, 0.717) is 5.56 Å². The fraction of sp³-hybridized carbons (Fsp3) is 0.167. The third kappa shape index (κ3) is 1.82. The first kappa shape index (κ1) is 8.25. The first-order valence-corrected chi connectivity index (χ1v) is 3.22. The van der Waals surface area contributed by atoms with E-state index in [1.807, 2.05) is 0 Å². The number of hydrogen-bond donors (Lipinski definition) is 3. The van der Waals surface area contributed by atoms with Crippen LogP contribution in [0.5, 0.6) is 0 Å². The van der Waals surface area contributed by atoms with Gasteiger partial charge in [0.2, 0.25) is 0 Å². The van der Waals surface area contributed by atoms with Crippen molar-refractivity contribution in [2.24, 2.45) is 5.73 Å². The molecule has 0 radical (unpaired) electrons. The molecular weight excluding hydrogens is 160 g/mol. The zero-order valence-corrected chi connectivity index (χ0v) is 6.42. The molecular formula is C6H8N4O2. The van der Waals surface area contributed by atoms with Crippen molar-refractivity contribution in [3.05, 3.63) is 22.2 Å². The normalized spacial score (nSPS) is 9.42. The smallest absolute Gasteiger partial charge is 0.346 e. The monoisotopic (exact) mass is 168 g/mol. The predicted octanol–water partition coefficient (Wildman–Crippen LogP) is -0.431. The van der Waals surface area contributed by atoms with Crippen molar-refractivity contribution in [2.45, 2.75) is 6.92 Å². The van der Waals surface area contributed by atoms with Crippen molar-refractivity contribution < 1.29 is 4.79 Å². The summed E-state index contributed by atoms with van der Waals surface area (Å²) in [6.45, 7) is 1.69. The molecule has 1 aromatic heterocycles. The molecule has 0 atom stereocenters. The van der Waals surface area contributed by atoms with Crippen LogP contribution < -0.4 is 16.7 Å². The van der Waals surface area contributed by atoms with Gasteiger partial charge in [-0.3, -0.25) is 10.3 Å². The van der Waals surface area contributed by atoms with Crippen molar-refractivity contribution in [3.63, 3.8) is 0 Å². The van der Waals surface area contributed by atoms with Crippen molar-refractivity contribution in [3.8, 4) is 0 Å². The van der Waals surface area contributed by atoms with Crippen LogP contribution in [0.1, 0.15) is 5.56 Å². The van der Waals surface area contributed by atoms with E-state index in [-0.39, 0.29) is 5.82 Å². The Morgan fingerprint density at radius 2 is 2.42 bits per heavy atom. The van der Waals surface area contributed by atoms with Gasteiger partial charge >= 0.3 is 11.7 Å². The minimum absolute atomic E-state index is 0.280. The van der Waals surface area contributed by atoms with E-state index in [2.05, 4.69) is 15.3 Å². The Morgan fingerprint density at radius 3 is 3.00 bits per heavy atom. The number of amides is 2. The number of nitrogens with one attached hydrogen (secondary N) is 2. The quantitative estimate of drug-likeness (QED) is 0.530. The molecule has 12 heavy (non-hydrogen) atoms. The van der Waals surface area contributed by atoms with E-state index >= 15 is 0 Å². The lowest BCUT2D eigenvalue weighted by molar-refractivity contribution is 0.259. The molecule has 64 valence electrons. The number of rotatable bonds is 1. The maximum absolute atomic E-state index is 10.7. The van der Waals surface area contributed by atoms with Gasteiger partial charge in [0.15, 0.2) is 0 Å². The molecule has 1 heterocycles. The van der Waals surface area contributed by atoms with Gasteiger partial charge in [0.1, 0.15) is 5.82 Å². The molecule has 0 bridgehead atoms. The third-order valence-corrected chi connectivity index (χ3v) is 1.25. The van der Waals surface area contributed by atoms with Crippen molar-refractivity contribution in [1.29, 1.82) is 0 Å². The maximum atomic E-state index is 10.7. The van der Waals surface area contributed by atoms with Gasteiger partial charge in [0.25, 0.3) is 0 Å². The molecule has 0 aliphatic rings. The largest absolute Gasteiger partial charge is 0.351 e. The van der Waals surface area contributed by atoms with Gasteiger partial charge in [0.05, 0.1) is 0 Å². The van der Waals surface area contributed by atoms with Gasteiger partial charge in [-0.25, -0.2) is 14.6 Å². The van der Waals surface area contributed by atoms with E-state index in [1.54, 1.807) is 6.92 Å². The molecule has 6 heteroatoms. The SMILES string of the molecule is Cc1cnc(=O)[nH]c1NC(N)=O. The Bertz CT molecular complexity index is 357. The summed E-state index contributed by atoms with van der Waals surface area (Å²) in [6.07, 6.45) is 1.35. The predicted molar refractivity (Wildman–Crippen MR) is 42.8 cm³/mol. The molecule has 0 aliphatic heterocycles. The topological polar surface area (TPSA) is 101 Å². The molecule has 2 amide bonds. The van der Waals surface area contributed by atoms with E-state index in [9.17, 15) is 9.59 Å². The molecule has 0 saturated carbocycles. The van der Waals surface area contributed by atoms with Gasteiger partial charge in [-0.1, -0.05) is 0 Å². The van der Waals surface area contributed by atoms with E-state index in [0.717, 1.165) is 0 Å². The number of anilines is 1. The fourth-order valence-electron chi connectivity index (χ4n) is 0.711. The molecule has 0 spiro atoms. The number of urea groups is 1. The number of aromatic nitrogens is 2. The van der Waals surface area contributed by atoms with E-state index in [1.165, 1.54) is 6.20 Å². The molecule has 0 aliphatic carbocycles. The summed E-state index contributed by atoms with van der Waals surface area (Å²) >= 11 is 0. The number of hydrogen-bond acceptors (Lipinski definition) is 3. The van der Waals surface area contributed by atoms with Crippen LogP contribution in [0.4, 0.5) is 10.6 Å². The summed E-state index contributed by atoms with van der Waals surface area (Å²) in [7, 11) is 0. The highest BCUT2D eigenvalue weighted by Gasteiger charge is 2.00. The zero-order valence-electron chi connectivity index (χ0n) is 6.42. The Labute approximate surface area is 67.8 Å². The first-order valence-electron chi connectivity index (χ1n) is 3.22. The molecule has 1 rings (SSSR count). The van der Waals surface area contributed by atoms with Crippen molar-refractivity contribution >= 4 is 11.8 Å². The summed E-state index contributed by atoms with van der Waals surface area (Å²) in [5.41, 5.74) is 4.97. The number of carbonyl (C=O) groups excluding carboxylic acids is 1. The van der Waals surface area contributed by atoms with Crippen LogP contribution in [-0.2, 0) is 0 Å². The third-order valence-electron chi connectivity index (χ3n) is 1.25. The number of aryl methyl sites for hydroxylation is 1. The molecule has 0 unspecified atom stereocenters. The van der Waals surface area contributed by atoms with Crippen LogP contribution in [0.25, 0.3) is 0 Å². The number of nitrogens with two attached hydrogens (primary N) is 1. The summed E-state index contributed by atoms with van der Waals surface area (Å²) in [5.74, 6) is 0.280. The summed E-state index contributed by atoms with van der Waals surface area (Å²) in [4.78, 5) is 26.8. The Morgan fingerprint density at radius 1 is 1.75 bits per heavy atom. The average molecular weight is 168 g/mol. The molecule has 0 saturated heterocycles. The highest BCUT2D eigenvalue weighted by Crippen LogP contribution is 2.04. The fourth-order valence-corrected chi connectivity index (χ4v) is 0.711. The summed E-state index contributed by atoms with van der Waals surface area (Å²) < 4.78 is 0. The molecule has 4 N–H and O–H groups in total. The summed E-state index contributed by atoms with van der Waals surface area (Å²) in [5, 5.41) is 2.26. The molecule has 1 aromatic rings. The number of carbonyl (C=O) groups is 1. The maximum Gasteiger partial charge on any atom is 0.346 e. The van der Waals surface area contributed by atoms with Crippen LogP contribution in [-0.4, -0.2) is 16.0 Å². The Balaban J connectivity index is 3.05. The van der Waals surface area contributed by atoms with Crippen molar-refractivity contribution in [1.82, 2.24) is 9.97 Å². The molecule has 0 fully saturated rings. The lowest BCUT2D eigenvalue weighted by atomic mass is 10.3. The van der Waals surface area contributed by atoms with Gasteiger partial charge in [-0.05, 0) is 6.92 Å². The van der Waals surface area contributed by atoms with Crippen LogP contribution in [0.3, 0.4) is 0 Å². The first-order chi connectivity index (χ1) is 5.59. The van der Waals surface area contributed by atoms with Gasteiger partial charge in [-0.15, -0.1) is 0 Å². The standard InChI is InChI=1S/C6H8N4O2/c1-3-2-8-6(12)10-4(3)9-5(7)11/h2H,1H3,(H4,7,8,9,10,11,12). The van der Waals surface area contributed by atoms with Crippen LogP contribution >= 0.6 is 0 Å². The number of aromatic amines is 1. The van der Waals surface area contributed by atoms with Crippen LogP contribution in [0.2, 0.25) is 0 Å². The van der Waals surface area contributed by atoms with Gasteiger partial charge < -0.3 is 5.73 Å². The highest BCUT2D eigenvalue weighted by atomic mass is 16.2. The van der Waals surface area contributed by atoms with E-state index in [4.69, 9.17) is 5.73 Å². The number of nitrogens with zero attached hydrogens (tertiary/aromatic N) is 1. The minimum atomic E-state index is -0.722. The molecule has 6 nitrogen and oxygen atoms in total. The second kappa shape index (κ2) is 3.04. The second-order valence-corrected chi connectivity index (χ2v) is 2.24. The Kier molecular flexibility index (Phi) is 2.09. The van der Waals surface area contributed by atoms with Crippen molar-refractivity contribution in [2.75, 3.05) is 5.32 Å². The van der Waals surface area contributed by atoms with Gasteiger partial charge in [-0.2, -0.15) is 0 Å². The van der Waals surface area contributed by atoms with E-state index < -0.39 is 11.7 Å². The average Bonchev–Trinajstić information content (AvgIpc) is 1.96. The lowest BCUT2D eigenvalue weighted by Crippen LogP contribution is -2.23. The number of primary amides is 1. The lowest BCUT2D eigenvalue weighted by Gasteiger charge is -2.02. The molecule has 0 aromatic carbocycles. The summed E-state index contributed by atoms with van der Waals surface area (Å²) in [6, 6.07) is -0.722. The highest BCUT2D eigenvalue weighted by molar-refractivity contribution is 5.87.